The number of rotatable bonds is 2. The average molecular weight is 226 g/mol. The molecule has 0 spiro atoms. The summed E-state index contributed by atoms with van der Waals surface area (Å²) in [5.41, 5.74) is 0.592. The first-order valence-electron chi connectivity index (χ1n) is 4.73. The summed E-state index contributed by atoms with van der Waals surface area (Å²) in [6.07, 6.45) is -0.395. The van der Waals surface area contributed by atoms with Gasteiger partial charge in [-0.2, -0.15) is 0 Å². The van der Waals surface area contributed by atoms with Crippen LogP contribution in [0.25, 0.3) is 0 Å². The lowest BCUT2D eigenvalue weighted by molar-refractivity contribution is 0.0816. The molecule has 3 nitrogen and oxygen atoms in total. The first-order chi connectivity index (χ1) is 7.08. The zero-order valence-electron chi connectivity index (χ0n) is 8.66. The van der Waals surface area contributed by atoms with Crippen LogP contribution in [-0.2, 0) is 0 Å². The first-order valence-corrected chi connectivity index (χ1v) is 5.11. The van der Waals surface area contributed by atoms with Crippen molar-refractivity contribution in [1.29, 1.82) is 0 Å². The monoisotopic (exact) mass is 225 g/mol. The molecule has 2 rings (SSSR count). The van der Waals surface area contributed by atoms with Crippen LogP contribution in [0.5, 0.6) is 5.75 Å². The molecule has 1 aromatic carbocycles. The molecule has 1 heterocycles. The predicted octanol–water partition coefficient (Wildman–Crippen LogP) is 1.85. The van der Waals surface area contributed by atoms with E-state index in [2.05, 4.69) is 0 Å². The summed E-state index contributed by atoms with van der Waals surface area (Å²) in [5.74, 6) is 0.650. The topological polar surface area (TPSA) is 29.5 Å². The fraction of sp³-hybridized carbons (Fsp3) is 0.364. The van der Waals surface area contributed by atoms with E-state index in [0.29, 0.717) is 22.9 Å². The van der Waals surface area contributed by atoms with Gasteiger partial charge in [0, 0.05) is 11.6 Å². The first kappa shape index (κ1) is 10.5. The summed E-state index contributed by atoms with van der Waals surface area (Å²) >= 11 is 5.82. The number of likely N-dealkylation sites (N-methyl/N-ethyl adjacent to an activating group) is 1. The Labute approximate surface area is 93.6 Å². The summed E-state index contributed by atoms with van der Waals surface area (Å²) in [7, 11) is 3.82. The van der Waals surface area contributed by atoms with E-state index < -0.39 is 6.10 Å². The highest BCUT2D eigenvalue weighted by atomic mass is 35.5. The Bertz CT molecular complexity index is 404. The maximum atomic E-state index is 11.9. The molecule has 1 unspecified atom stereocenters. The van der Waals surface area contributed by atoms with E-state index in [1.54, 1.807) is 18.2 Å². The third kappa shape index (κ3) is 1.98. The van der Waals surface area contributed by atoms with Gasteiger partial charge in [-0.3, -0.25) is 4.79 Å². The zero-order valence-corrected chi connectivity index (χ0v) is 9.41. The van der Waals surface area contributed by atoms with Gasteiger partial charge in [0.25, 0.3) is 0 Å². The van der Waals surface area contributed by atoms with Gasteiger partial charge in [0.2, 0.25) is 5.78 Å². The van der Waals surface area contributed by atoms with Crippen LogP contribution in [0.15, 0.2) is 18.2 Å². The Kier molecular flexibility index (Phi) is 2.67. The molecule has 0 aliphatic carbocycles. The van der Waals surface area contributed by atoms with Gasteiger partial charge in [0.15, 0.2) is 6.10 Å². The number of ether oxygens (including phenoxy) is 1. The molecule has 15 heavy (non-hydrogen) atoms. The van der Waals surface area contributed by atoms with E-state index in [1.807, 2.05) is 19.0 Å². The van der Waals surface area contributed by atoms with Crippen LogP contribution >= 0.6 is 11.6 Å². The minimum atomic E-state index is -0.395. The lowest BCUT2D eigenvalue weighted by atomic mass is 10.1. The fourth-order valence-electron chi connectivity index (χ4n) is 1.63. The highest BCUT2D eigenvalue weighted by molar-refractivity contribution is 6.31. The third-order valence-corrected chi connectivity index (χ3v) is 2.53. The van der Waals surface area contributed by atoms with Crippen LogP contribution in [0.4, 0.5) is 0 Å². The minimum Gasteiger partial charge on any atom is -0.480 e. The van der Waals surface area contributed by atoms with Crippen LogP contribution in [0.1, 0.15) is 10.4 Å². The van der Waals surface area contributed by atoms with Crippen molar-refractivity contribution in [3.05, 3.63) is 28.8 Å². The molecule has 0 radical (unpaired) electrons. The highest BCUT2D eigenvalue weighted by Crippen LogP contribution is 2.31. The zero-order chi connectivity index (χ0) is 11.0. The normalized spacial score (nSPS) is 19.2. The minimum absolute atomic E-state index is 0.0150. The van der Waals surface area contributed by atoms with Gasteiger partial charge < -0.3 is 9.64 Å². The lowest BCUT2D eigenvalue weighted by Crippen LogP contribution is -2.33. The van der Waals surface area contributed by atoms with Gasteiger partial charge in [0.05, 0.1) is 5.56 Å². The molecule has 1 aromatic rings. The molecule has 0 bridgehead atoms. The number of carbonyl (C=O) groups excluding carboxylic acids is 1. The van der Waals surface area contributed by atoms with Crippen LogP contribution in [0.2, 0.25) is 5.02 Å². The predicted molar refractivity (Wildman–Crippen MR) is 58.8 cm³/mol. The third-order valence-electron chi connectivity index (χ3n) is 2.30. The number of halogens is 1. The van der Waals surface area contributed by atoms with Gasteiger partial charge >= 0.3 is 0 Å². The van der Waals surface area contributed by atoms with Crippen molar-refractivity contribution in [2.45, 2.75) is 6.10 Å². The van der Waals surface area contributed by atoms with E-state index >= 15 is 0 Å². The largest absolute Gasteiger partial charge is 0.480 e. The molecular weight excluding hydrogens is 214 g/mol. The molecule has 1 atom stereocenters. The van der Waals surface area contributed by atoms with Gasteiger partial charge in [-0.25, -0.2) is 0 Å². The van der Waals surface area contributed by atoms with E-state index in [9.17, 15) is 4.79 Å². The molecule has 1 aliphatic rings. The van der Waals surface area contributed by atoms with Crippen molar-refractivity contribution < 1.29 is 9.53 Å². The standard InChI is InChI=1S/C11H12ClNO2/c1-13(2)6-10-11(14)8-5-7(12)3-4-9(8)15-10/h3-5,10H,6H2,1-2H3. The second kappa shape index (κ2) is 3.83. The number of benzene rings is 1. The maximum Gasteiger partial charge on any atom is 0.208 e. The Morgan fingerprint density at radius 2 is 2.20 bits per heavy atom. The number of Topliss-reactive ketones (excluding diaryl/α,β-unsaturated/α-hetero) is 1. The van der Waals surface area contributed by atoms with Crippen molar-refractivity contribution in [3.8, 4) is 5.75 Å². The van der Waals surface area contributed by atoms with Crippen molar-refractivity contribution in [3.63, 3.8) is 0 Å². The molecule has 4 heteroatoms. The Morgan fingerprint density at radius 1 is 1.47 bits per heavy atom. The second-order valence-electron chi connectivity index (χ2n) is 3.87. The smallest absolute Gasteiger partial charge is 0.208 e. The van der Waals surface area contributed by atoms with Crippen molar-refractivity contribution in [2.75, 3.05) is 20.6 Å². The molecule has 0 amide bonds. The summed E-state index contributed by atoms with van der Waals surface area (Å²) < 4.78 is 5.54. The van der Waals surface area contributed by atoms with Crippen LogP contribution in [0, 0.1) is 0 Å². The van der Waals surface area contributed by atoms with Gasteiger partial charge in [-0.05, 0) is 32.3 Å². The number of hydrogen-bond acceptors (Lipinski definition) is 3. The molecule has 0 fully saturated rings. The van der Waals surface area contributed by atoms with Gasteiger partial charge in [-0.15, -0.1) is 0 Å². The highest BCUT2D eigenvalue weighted by Gasteiger charge is 2.32. The number of fused-ring (bicyclic) bond motifs is 1. The number of hydrogen-bond donors (Lipinski definition) is 0. The van der Waals surface area contributed by atoms with Crippen LogP contribution in [0.3, 0.4) is 0 Å². The van der Waals surface area contributed by atoms with Gasteiger partial charge in [-0.1, -0.05) is 11.6 Å². The van der Waals surface area contributed by atoms with E-state index in [1.165, 1.54) is 0 Å². The molecule has 0 aromatic heterocycles. The lowest BCUT2D eigenvalue weighted by Gasteiger charge is -2.14. The maximum absolute atomic E-state index is 11.9. The van der Waals surface area contributed by atoms with Crippen molar-refractivity contribution >= 4 is 17.4 Å². The SMILES string of the molecule is CN(C)CC1Oc2ccc(Cl)cc2C1=O. The molecule has 0 N–H and O–H groups in total. The van der Waals surface area contributed by atoms with E-state index in [4.69, 9.17) is 16.3 Å². The fourth-order valence-corrected chi connectivity index (χ4v) is 1.80. The molecular formula is C11H12ClNO2. The summed E-state index contributed by atoms with van der Waals surface area (Å²) in [5, 5.41) is 0.566. The number of carbonyl (C=O) groups is 1. The number of ketones is 1. The van der Waals surface area contributed by atoms with E-state index in [-0.39, 0.29) is 5.78 Å². The molecule has 0 saturated heterocycles. The van der Waals surface area contributed by atoms with Gasteiger partial charge in [0.1, 0.15) is 5.75 Å². The molecule has 1 aliphatic heterocycles. The molecule has 80 valence electrons. The van der Waals surface area contributed by atoms with Crippen LogP contribution < -0.4 is 4.74 Å². The average Bonchev–Trinajstić information content (AvgIpc) is 2.44. The van der Waals surface area contributed by atoms with Crippen LogP contribution in [-0.4, -0.2) is 37.4 Å². The second-order valence-corrected chi connectivity index (χ2v) is 4.31. The summed E-state index contributed by atoms with van der Waals surface area (Å²) in [6.45, 7) is 0.588. The molecule has 0 saturated carbocycles. The van der Waals surface area contributed by atoms with E-state index in [0.717, 1.165) is 0 Å². The quantitative estimate of drug-likeness (QED) is 0.769. The Morgan fingerprint density at radius 3 is 2.87 bits per heavy atom. The summed E-state index contributed by atoms with van der Waals surface area (Å²) in [6, 6.07) is 5.13. The van der Waals surface area contributed by atoms with Crippen molar-refractivity contribution in [1.82, 2.24) is 4.90 Å². The Balaban J connectivity index is 2.26. The number of nitrogens with zero attached hydrogens (tertiary/aromatic N) is 1. The Hall–Kier alpha value is -1.06. The van der Waals surface area contributed by atoms with Crippen molar-refractivity contribution in [2.24, 2.45) is 0 Å². The summed E-state index contributed by atoms with van der Waals surface area (Å²) in [4.78, 5) is 13.8.